The van der Waals surface area contributed by atoms with E-state index >= 15 is 0 Å². The van der Waals surface area contributed by atoms with Gasteiger partial charge in [-0.05, 0) is 37.1 Å². The first kappa shape index (κ1) is 16.0. The lowest BCUT2D eigenvalue weighted by molar-refractivity contribution is 0.0997. The van der Waals surface area contributed by atoms with Crippen molar-refractivity contribution < 1.29 is 4.79 Å². The first-order valence-corrected chi connectivity index (χ1v) is 8.82. The summed E-state index contributed by atoms with van der Waals surface area (Å²) in [6.45, 7) is 4.37. The van der Waals surface area contributed by atoms with Gasteiger partial charge in [-0.2, -0.15) is 0 Å². The minimum atomic E-state index is -0.00870. The number of ketones is 1. The molecule has 4 rings (SSSR count). The number of imidazole rings is 1. The van der Waals surface area contributed by atoms with Gasteiger partial charge in [-0.15, -0.1) is 0 Å². The summed E-state index contributed by atoms with van der Waals surface area (Å²) in [6, 6.07) is 14.7. The first-order chi connectivity index (χ1) is 12.2. The highest BCUT2D eigenvalue weighted by molar-refractivity contribution is 5.94. The van der Waals surface area contributed by atoms with Gasteiger partial charge >= 0.3 is 0 Å². The maximum Gasteiger partial charge on any atom is 0.195 e. The number of fused-ring (bicyclic) bond motifs is 1. The van der Waals surface area contributed by atoms with E-state index < -0.39 is 0 Å². The van der Waals surface area contributed by atoms with E-state index in [4.69, 9.17) is 0 Å². The monoisotopic (exact) mass is 334 g/mol. The number of nitrogens with zero attached hydrogens (tertiary/aromatic N) is 4. The number of aromatic nitrogens is 3. The van der Waals surface area contributed by atoms with E-state index in [1.165, 1.54) is 12.0 Å². The Morgan fingerprint density at radius 2 is 2.04 bits per heavy atom. The van der Waals surface area contributed by atoms with Gasteiger partial charge in [0.05, 0.1) is 0 Å². The molecule has 1 aromatic carbocycles. The van der Waals surface area contributed by atoms with Crippen LogP contribution in [0.5, 0.6) is 0 Å². The number of hydrogen-bond donors (Lipinski definition) is 0. The van der Waals surface area contributed by atoms with E-state index in [-0.39, 0.29) is 5.78 Å². The minimum Gasteiger partial charge on any atom is -0.305 e. The van der Waals surface area contributed by atoms with E-state index in [1.807, 2.05) is 22.8 Å². The van der Waals surface area contributed by atoms with Crippen LogP contribution in [0.25, 0.3) is 11.2 Å². The summed E-state index contributed by atoms with van der Waals surface area (Å²) in [7, 11) is 0. The predicted molar refractivity (Wildman–Crippen MR) is 97.4 cm³/mol. The zero-order valence-electron chi connectivity index (χ0n) is 14.4. The summed E-state index contributed by atoms with van der Waals surface area (Å²) >= 11 is 0. The number of likely N-dealkylation sites (tertiary alicyclic amines) is 1. The number of pyridine rings is 1. The molecule has 0 N–H and O–H groups in total. The van der Waals surface area contributed by atoms with Crippen molar-refractivity contribution in [3.8, 4) is 0 Å². The van der Waals surface area contributed by atoms with Gasteiger partial charge in [0.2, 0.25) is 0 Å². The summed E-state index contributed by atoms with van der Waals surface area (Å²) in [4.78, 5) is 23.5. The van der Waals surface area contributed by atoms with Crippen LogP contribution >= 0.6 is 0 Å². The third-order valence-corrected chi connectivity index (χ3v) is 4.94. The molecule has 1 atom stereocenters. The average Bonchev–Trinajstić information content (AvgIpc) is 3.21. The van der Waals surface area contributed by atoms with Crippen LogP contribution in [0.1, 0.15) is 35.9 Å². The molecule has 1 saturated heterocycles. The Morgan fingerprint density at radius 3 is 2.84 bits per heavy atom. The van der Waals surface area contributed by atoms with Crippen molar-refractivity contribution in [2.24, 2.45) is 0 Å². The van der Waals surface area contributed by atoms with Crippen LogP contribution in [0.15, 0.2) is 48.7 Å². The maximum absolute atomic E-state index is 12.1. The summed E-state index contributed by atoms with van der Waals surface area (Å²) < 4.78 is 2.01. The van der Waals surface area contributed by atoms with Gasteiger partial charge in [-0.1, -0.05) is 30.3 Å². The lowest BCUT2D eigenvalue weighted by Crippen LogP contribution is -2.33. The molecule has 0 aliphatic carbocycles. The van der Waals surface area contributed by atoms with Crippen molar-refractivity contribution in [2.75, 3.05) is 6.54 Å². The van der Waals surface area contributed by atoms with Crippen LogP contribution in [0.3, 0.4) is 0 Å². The maximum atomic E-state index is 12.1. The average molecular weight is 334 g/mol. The first-order valence-electron chi connectivity index (χ1n) is 8.82. The van der Waals surface area contributed by atoms with Crippen LogP contribution in [-0.4, -0.2) is 37.8 Å². The Morgan fingerprint density at radius 1 is 1.20 bits per heavy atom. The molecule has 1 aliphatic rings. The third-order valence-electron chi connectivity index (χ3n) is 4.94. The van der Waals surface area contributed by atoms with Gasteiger partial charge < -0.3 is 4.57 Å². The lowest BCUT2D eigenvalue weighted by atomic mass is 10.1. The second-order valence-electron chi connectivity index (χ2n) is 6.70. The second-order valence-corrected chi connectivity index (χ2v) is 6.70. The quantitative estimate of drug-likeness (QED) is 0.672. The minimum absolute atomic E-state index is 0.00870. The number of carbonyl (C=O) groups is 1. The van der Waals surface area contributed by atoms with Gasteiger partial charge in [-0.3, -0.25) is 9.69 Å². The van der Waals surface area contributed by atoms with E-state index in [0.717, 1.165) is 37.2 Å². The number of Topliss-reactive ketones (excluding diaryl/α,β-unsaturated/α-hetero) is 1. The summed E-state index contributed by atoms with van der Waals surface area (Å²) in [5.41, 5.74) is 2.93. The van der Waals surface area contributed by atoms with Crippen molar-refractivity contribution >= 4 is 16.9 Å². The van der Waals surface area contributed by atoms with E-state index in [1.54, 1.807) is 13.1 Å². The second kappa shape index (κ2) is 6.76. The van der Waals surface area contributed by atoms with Gasteiger partial charge in [0.1, 0.15) is 5.52 Å². The standard InChI is InChI=1S/C20H22N4O/c1-15(25)19-22-18-10-5-11-21-20(18)24(19)14-17-9-6-12-23(17)13-16-7-3-2-4-8-16/h2-5,7-8,10-11,17H,6,9,12-14H2,1H3. The fraction of sp³-hybridized carbons (Fsp3) is 0.350. The number of carbonyl (C=O) groups excluding carboxylic acids is 1. The van der Waals surface area contributed by atoms with Crippen molar-refractivity contribution in [3.05, 3.63) is 60.0 Å². The molecule has 2 aromatic heterocycles. The summed E-state index contributed by atoms with van der Waals surface area (Å²) in [6.07, 6.45) is 4.09. The Bertz CT molecular complexity index is 887. The molecule has 0 spiro atoms. The van der Waals surface area contributed by atoms with Crippen molar-refractivity contribution in [1.82, 2.24) is 19.4 Å². The molecule has 1 aliphatic heterocycles. The third kappa shape index (κ3) is 3.20. The molecular formula is C20H22N4O. The van der Waals surface area contributed by atoms with Crippen LogP contribution in [-0.2, 0) is 13.1 Å². The molecule has 128 valence electrons. The predicted octanol–water partition coefficient (Wildman–Crippen LogP) is 3.30. The molecule has 0 radical (unpaired) electrons. The highest BCUT2D eigenvalue weighted by Gasteiger charge is 2.27. The molecule has 25 heavy (non-hydrogen) atoms. The van der Waals surface area contributed by atoms with Gasteiger partial charge in [0, 0.05) is 32.3 Å². The molecule has 3 aromatic rings. The molecule has 0 saturated carbocycles. The SMILES string of the molecule is CC(=O)c1nc2cccnc2n1CC1CCCN1Cc1ccccc1. The van der Waals surface area contributed by atoms with E-state index in [9.17, 15) is 4.79 Å². The molecule has 1 fully saturated rings. The molecule has 0 amide bonds. The van der Waals surface area contributed by atoms with E-state index in [0.29, 0.717) is 11.9 Å². The highest BCUT2D eigenvalue weighted by atomic mass is 16.1. The van der Waals surface area contributed by atoms with E-state index in [2.05, 4.69) is 39.1 Å². The van der Waals surface area contributed by atoms with Gasteiger partial charge in [-0.25, -0.2) is 9.97 Å². The highest BCUT2D eigenvalue weighted by Crippen LogP contribution is 2.24. The molecule has 3 heterocycles. The Hall–Kier alpha value is -2.53. The smallest absolute Gasteiger partial charge is 0.195 e. The molecule has 1 unspecified atom stereocenters. The Kier molecular flexibility index (Phi) is 4.32. The zero-order chi connectivity index (χ0) is 17.2. The Labute approximate surface area is 147 Å². The number of rotatable bonds is 5. The van der Waals surface area contributed by atoms with Gasteiger partial charge in [0.15, 0.2) is 17.3 Å². The molecule has 5 nitrogen and oxygen atoms in total. The van der Waals surface area contributed by atoms with Crippen LogP contribution in [0.2, 0.25) is 0 Å². The molecular weight excluding hydrogens is 312 g/mol. The topological polar surface area (TPSA) is 51.0 Å². The van der Waals surface area contributed by atoms with Crippen LogP contribution in [0, 0.1) is 0 Å². The fourth-order valence-electron chi connectivity index (χ4n) is 3.74. The van der Waals surface area contributed by atoms with Crippen molar-refractivity contribution in [1.29, 1.82) is 0 Å². The number of benzene rings is 1. The Balaban J connectivity index is 1.61. The van der Waals surface area contributed by atoms with Crippen molar-refractivity contribution in [2.45, 2.75) is 38.9 Å². The summed E-state index contributed by atoms with van der Waals surface area (Å²) in [5, 5.41) is 0. The van der Waals surface area contributed by atoms with Crippen molar-refractivity contribution in [3.63, 3.8) is 0 Å². The lowest BCUT2D eigenvalue weighted by Gasteiger charge is -2.25. The summed E-state index contributed by atoms with van der Waals surface area (Å²) in [5.74, 6) is 0.505. The number of hydrogen-bond acceptors (Lipinski definition) is 4. The van der Waals surface area contributed by atoms with Crippen LogP contribution in [0.4, 0.5) is 0 Å². The largest absolute Gasteiger partial charge is 0.305 e. The zero-order valence-corrected chi connectivity index (χ0v) is 14.4. The normalized spacial score (nSPS) is 18.0. The van der Waals surface area contributed by atoms with Gasteiger partial charge in [0.25, 0.3) is 0 Å². The van der Waals surface area contributed by atoms with Crippen LogP contribution < -0.4 is 0 Å². The fourth-order valence-corrected chi connectivity index (χ4v) is 3.74. The molecule has 0 bridgehead atoms. The molecule has 5 heteroatoms.